The van der Waals surface area contributed by atoms with E-state index in [4.69, 9.17) is 27.9 Å². The highest BCUT2D eigenvalue weighted by molar-refractivity contribution is 6.30. The number of nitrogens with zero attached hydrogens (tertiary/aromatic N) is 5. The highest BCUT2D eigenvalue weighted by Gasteiger charge is 2.57. The summed E-state index contributed by atoms with van der Waals surface area (Å²) in [5, 5.41) is 22.6. The van der Waals surface area contributed by atoms with Gasteiger partial charge in [-0.15, -0.1) is 0 Å². The smallest absolute Gasteiger partial charge is 0.257 e. The van der Waals surface area contributed by atoms with Crippen LogP contribution in [-0.4, -0.2) is 52.7 Å². The quantitative estimate of drug-likeness (QED) is 0.297. The van der Waals surface area contributed by atoms with Gasteiger partial charge in [0.15, 0.2) is 0 Å². The molecular weight excluding hydrogens is 584 g/mol. The topological polar surface area (TPSA) is 114 Å². The number of carbonyl (C=O) groups excluding carboxylic acids is 1. The van der Waals surface area contributed by atoms with Crippen LogP contribution in [0.2, 0.25) is 10.0 Å². The summed E-state index contributed by atoms with van der Waals surface area (Å²) < 4.78 is 25.0. The molecule has 1 fully saturated rings. The summed E-state index contributed by atoms with van der Waals surface area (Å²) in [4.78, 5) is 28.6. The van der Waals surface area contributed by atoms with Crippen LogP contribution >= 0.6 is 23.2 Å². The fourth-order valence-electron chi connectivity index (χ4n) is 5.73. The number of carbonyl (C=O) groups is 1. The van der Waals surface area contributed by atoms with Gasteiger partial charge in [0.1, 0.15) is 17.2 Å². The van der Waals surface area contributed by atoms with Gasteiger partial charge in [0, 0.05) is 36.2 Å². The van der Waals surface area contributed by atoms with Crippen LogP contribution in [0.3, 0.4) is 0 Å². The number of amides is 1. The molecule has 0 spiro atoms. The molecule has 6 rings (SSSR count). The largest absolute Gasteiger partial charge is 0.393 e. The third-order valence-electron chi connectivity index (χ3n) is 8.02. The van der Waals surface area contributed by atoms with Crippen LogP contribution in [0.25, 0.3) is 0 Å². The highest BCUT2D eigenvalue weighted by atomic mass is 35.5. The van der Waals surface area contributed by atoms with Gasteiger partial charge in [-0.05, 0) is 49.1 Å². The molecule has 2 aromatic heterocycles. The summed E-state index contributed by atoms with van der Waals surface area (Å²) in [5.41, 5.74) is -2.43. The van der Waals surface area contributed by atoms with E-state index in [0.717, 1.165) is 0 Å². The molecule has 42 heavy (non-hydrogen) atoms. The van der Waals surface area contributed by atoms with Crippen molar-refractivity contribution >= 4 is 29.1 Å². The third kappa shape index (κ3) is 4.67. The molecule has 2 aromatic carbocycles. The van der Waals surface area contributed by atoms with Gasteiger partial charge in [-0.3, -0.25) is 9.69 Å². The second-order valence-electron chi connectivity index (χ2n) is 10.7. The maximum atomic E-state index is 16.7. The van der Waals surface area contributed by atoms with Crippen molar-refractivity contribution in [3.05, 3.63) is 111 Å². The van der Waals surface area contributed by atoms with E-state index >= 15 is 4.39 Å². The number of rotatable bonds is 8. The Bertz CT molecular complexity index is 1640. The standard InChI is InChI=1S/C30H28Cl2FN5O4/c1-3-29(41,25-14-37(2)16-36-25)18-8-23-27(24(33)9-18)30(42-22-10-21(39)11-22,17-4-6-19(31)7-5-17)38(28(23)40)15-26-34-12-20(32)13-35-26/h4-9,12-14,16,21-22,39,41H,3,10-11,15H2,1-2H3/t21?,22?,29?,30-/m1/s1. The zero-order chi connectivity index (χ0) is 29.8. The van der Waals surface area contributed by atoms with Gasteiger partial charge in [-0.1, -0.05) is 42.3 Å². The summed E-state index contributed by atoms with van der Waals surface area (Å²) in [7, 11) is 1.77. The highest BCUT2D eigenvalue weighted by Crippen LogP contribution is 2.51. The average Bonchev–Trinajstić information content (AvgIpc) is 3.49. The first-order valence-corrected chi connectivity index (χ1v) is 14.3. The lowest BCUT2D eigenvalue weighted by atomic mass is 9.84. The Hall–Kier alpha value is -3.41. The van der Waals surface area contributed by atoms with Crippen LogP contribution in [0, 0.1) is 5.82 Å². The number of fused-ring (bicyclic) bond motifs is 1. The van der Waals surface area contributed by atoms with Crippen LogP contribution in [-0.2, 0) is 29.7 Å². The Morgan fingerprint density at radius 2 is 1.81 bits per heavy atom. The maximum Gasteiger partial charge on any atom is 0.257 e. The van der Waals surface area contributed by atoms with E-state index < -0.39 is 35.3 Å². The summed E-state index contributed by atoms with van der Waals surface area (Å²) in [6.45, 7) is 1.62. The number of benzene rings is 2. The predicted molar refractivity (Wildman–Crippen MR) is 152 cm³/mol. The first kappa shape index (κ1) is 28.7. The molecule has 3 heterocycles. The van der Waals surface area contributed by atoms with Crippen LogP contribution in [0.15, 0.2) is 61.3 Å². The molecular formula is C30H28Cl2FN5O4. The number of hydrogen-bond acceptors (Lipinski definition) is 7. The summed E-state index contributed by atoms with van der Waals surface area (Å²) in [6.07, 6.45) is 5.81. The summed E-state index contributed by atoms with van der Waals surface area (Å²) in [5.74, 6) is -1.03. The molecule has 218 valence electrons. The lowest BCUT2D eigenvalue weighted by Crippen LogP contribution is -2.51. The summed E-state index contributed by atoms with van der Waals surface area (Å²) in [6, 6.07) is 9.38. The molecule has 1 aliphatic heterocycles. The first-order valence-electron chi connectivity index (χ1n) is 13.5. The second kappa shape index (κ2) is 10.7. The minimum Gasteiger partial charge on any atom is -0.393 e. The molecule has 2 N–H and O–H groups in total. The first-order chi connectivity index (χ1) is 20.0. The Labute approximate surface area is 251 Å². The van der Waals surface area contributed by atoms with E-state index in [1.807, 2.05) is 0 Å². The number of aromatic nitrogens is 4. The van der Waals surface area contributed by atoms with Gasteiger partial charge in [0.25, 0.3) is 5.91 Å². The number of aliphatic hydroxyl groups excluding tert-OH is 1. The van der Waals surface area contributed by atoms with E-state index in [9.17, 15) is 15.0 Å². The van der Waals surface area contributed by atoms with Crippen molar-refractivity contribution in [2.45, 2.75) is 56.3 Å². The Morgan fingerprint density at radius 1 is 1.12 bits per heavy atom. The van der Waals surface area contributed by atoms with Crippen LogP contribution in [0.4, 0.5) is 4.39 Å². The van der Waals surface area contributed by atoms with Crippen molar-refractivity contribution in [1.29, 1.82) is 0 Å². The Balaban J connectivity index is 1.58. The predicted octanol–water partition coefficient (Wildman–Crippen LogP) is 4.70. The normalized spacial score (nSPS) is 23.0. The van der Waals surface area contributed by atoms with E-state index in [-0.39, 0.29) is 35.5 Å². The number of ether oxygens (including phenoxy) is 1. The fourth-order valence-corrected chi connectivity index (χ4v) is 5.95. The molecule has 1 amide bonds. The van der Waals surface area contributed by atoms with Gasteiger partial charge in [0.05, 0.1) is 46.9 Å². The van der Waals surface area contributed by atoms with Crippen LogP contribution in [0.5, 0.6) is 0 Å². The van der Waals surface area contributed by atoms with Gasteiger partial charge in [-0.2, -0.15) is 0 Å². The number of imidazole rings is 1. The third-order valence-corrected chi connectivity index (χ3v) is 8.47. The van der Waals surface area contributed by atoms with E-state index in [0.29, 0.717) is 34.1 Å². The second-order valence-corrected chi connectivity index (χ2v) is 11.6. The monoisotopic (exact) mass is 611 g/mol. The van der Waals surface area contributed by atoms with E-state index in [2.05, 4.69) is 15.0 Å². The molecule has 0 radical (unpaired) electrons. The molecule has 1 aliphatic carbocycles. The van der Waals surface area contributed by atoms with Crippen molar-refractivity contribution < 1.29 is 24.1 Å². The van der Waals surface area contributed by atoms with Crippen molar-refractivity contribution in [2.24, 2.45) is 7.05 Å². The Kier molecular flexibility index (Phi) is 7.31. The van der Waals surface area contributed by atoms with Crippen molar-refractivity contribution in [2.75, 3.05) is 0 Å². The number of hydrogen-bond donors (Lipinski definition) is 2. The molecule has 0 bridgehead atoms. The van der Waals surface area contributed by atoms with Crippen molar-refractivity contribution in [3.8, 4) is 0 Å². The molecule has 2 atom stereocenters. The zero-order valence-electron chi connectivity index (χ0n) is 22.8. The van der Waals surface area contributed by atoms with Gasteiger partial charge < -0.3 is 19.5 Å². The average molecular weight is 612 g/mol. The minimum atomic E-state index is -1.75. The van der Waals surface area contributed by atoms with Gasteiger partial charge in [0.2, 0.25) is 5.72 Å². The molecule has 0 saturated heterocycles. The molecule has 12 heteroatoms. The van der Waals surface area contributed by atoms with Gasteiger partial charge >= 0.3 is 0 Å². The van der Waals surface area contributed by atoms with Crippen LogP contribution < -0.4 is 0 Å². The molecule has 9 nitrogen and oxygen atoms in total. The van der Waals surface area contributed by atoms with Crippen molar-refractivity contribution in [1.82, 2.24) is 24.4 Å². The maximum absolute atomic E-state index is 16.7. The van der Waals surface area contributed by atoms with Crippen molar-refractivity contribution in [3.63, 3.8) is 0 Å². The molecule has 4 aromatic rings. The molecule has 1 unspecified atom stereocenters. The van der Waals surface area contributed by atoms with E-state index in [1.165, 1.54) is 29.4 Å². The van der Waals surface area contributed by atoms with E-state index in [1.54, 1.807) is 55.3 Å². The minimum absolute atomic E-state index is 0.00611. The number of halogens is 3. The summed E-state index contributed by atoms with van der Waals surface area (Å²) >= 11 is 12.2. The lowest BCUT2D eigenvalue weighted by Gasteiger charge is -2.45. The Morgan fingerprint density at radius 3 is 2.40 bits per heavy atom. The molecule has 1 saturated carbocycles. The van der Waals surface area contributed by atoms with Crippen LogP contribution in [0.1, 0.15) is 64.8 Å². The van der Waals surface area contributed by atoms with Gasteiger partial charge in [-0.25, -0.2) is 19.3 Å². The number of aliphatic hydroxyl groups is 2. The number of aryl methyl sites for hydroxylation is 1. The lowest BCUT2D eigenvalue weighted by molar-refractivity contribution is -0.191. The zero-order valence-corrected chi connectivity index (χ0v) is 24.3. The molecule has 2 aliphatic rings. The fraction of sp³-hybridized carbons (Fsp3) is 0.333. The SMILES string of the molecule is CCC(O)(c1cc(F)c2c(c1)C(=O)N(Cc1ncc(Cl)cn1)[C@@]2(OC1CC(O)C1)c1ccc(Cl)cc1)c1cn(C)cn1.